The van der Waals surface area contributed by atoms with E-state index in [4.69, 9.17) is 0 Å². The summed E-state index contributed by atoms with van der Waals surface area (Å²) in [6, 6.07) is 0. The van der Waals surface area contributed by atoms with Crippen molar-refractivity contribution in [3.63, 3.8) is 0 Å². The van der Waals surface area contributed by atoms with Gasteiger partial charge in [-0.25, -0.2) is 0 Å². The van der Waals surface area contributed by atoms with Crippen LogP contribution >= 0.6 is 0 Å². The highest BCUT2D eigenvalue weighted by Gasteiger charge is 2.37. The third-order valence-corrected chi connectivity index (χ3v) is 1.40. The molecule has 6 heteroatoms. The molecule has 0 amide bonds. The normalized spacial score (nSPS) is 13.6. The molecule has 3 nitrogen and oxygen atoms in total. The van der Waals surface area contributed by atoms with E-state index < -0.39 is 24.0 Å². The van der Waals surface area contributed by atoms with Crippen molar-refractivity contribution in [3.05, 3.63) is 0 Å². The second kappa shape index (κ2) is 4.25. The van der Waals surface area contributed by atoms with E-state index in [0.29, 0.717) is 0 Å². The van der Waals surface area contributed by atoms with E-state index in [1.54, 1.807) is 0 Å². The predicted octanol–water partition coefficient (Wildman–Crippen LogP) is 1.66. The van der Waals surface area contributed by atoms with Crippen molar-refractivity contribution in [2.24, 2.45) is 5.92 Å². The van der Waals surface area contributed by atoms with Gasteiger partial charge in [-0.15, -0.1) is 13.2 Å². The molecule has 0 saturated carbocycles. The van der Waals surface area contributed by atoms with Crippen molar-refractivity contribution in [1.29, 1.82) is 0 Å². The van der Waals surface area contributed by atoms with Gasteiger partial charge in [-0.1, -0.05) is 6.92 Å². The molecule has 0 fully saturated rings. The Morgan fingerprint density at radius 3 is 2.08 bits per heavy atom. The molecular formula is C7H9F3O3. The second-order valence-corrected chi connectivity index (χ2v) is 2.44. The third kappa shape index (κ3) is 4.49. The van der Waals surface area contributed by atoms with Gasteiger partial charge in [0.15, 0.2) is 0 Å². The highest BCUT2D eigenvalue weighted by Crippen LogP contribution is 2.19. The lowest BCUT2D eigenvalue weighted by atomic mass is 10.0. The van der Waals surface area contributed by atoms with Gasteiger partial charge in [0.05, 0.1) is 0 Å². The minimum atomic E-state index is -5.01. The standard InChI is InChI=1S/C7H9F3O3/c1-3-5(4(2)11)6(12)13-7(8,9)10/h5H,3H2,1-2H3. The number of hydrogen-bond donors (Lipinski definition) is 0. The van der Waals surface area contributed by atoms with Crippen LogP contribution in [0.25, 0.3) is 0 Å². The van der Waals surface area contributed by atoms with E-state index in [1.807, 2.05) is 0 Å². The fourth-order valence-corrected chi connectivity index (χ4v) is 0.805. The topological polar surface area (TPSA) is 43.4 Å². The first-order valence-electron chi connectivity index (χ1n) is 3.58. The van der Waals surface area contributed by atoms with E-state index in [-0.39, 0.29) is 6.42 Å². The highest BCUT2D eigenvalue weighted by atomic mass is 19.4. The molecule has 0 heterocycles. The van der Waals surface area contributed by atoms with Crippen molar-refractivity contribution >= 4 is 11.8 Å². The first-order valence-corrected chi connectivity index (χ1v) is 3.58. The summed E-state index contributed by atoms with van der Waals surface area (Å²) in [7, 11) is 0. The van der Waals surface area contributed by atoms with Crippen LogP contribution in [-0.2, 0) is 14.3 Å². The molecule has 0 N–H and O–H groups in total. The molecule has 1 atom stereocenters. The number of Topliss-reactive ketones (excluding diaryl/α,β-unsaturated/α-hetero) is 1. The number of halogens is 3. The fourth-order valence-electron chi connectivity index (χ4n) is 0.805. The van der Waals surface area contributed by atoms with Crippen molar-refractivity contribution in [2.75, 3.05) is 0 Å². The van der Waals surface area contributed by atoms with Crippen LogP contribution in [0.3, 0.4) is 0 Å². The molecule has 0 aromatic rings. The molecule has 0 spiro atoms. The SMILES string of the molecule is CCC(C(C)=O)C(=O)OC(F)(F)F. The molecule has 0 bridgehead atoms. The Morgan fingerprint density at radius 1 is 1.38 bits per heavy atom. The maximum Gasteiger partial charge on any atom is 0.575 e. The average molecular weight is 198 g/mol. The number of ether oxygens (including phenoxy) is 1. The van der Waals surface area contributed by atoms with Crippen LogP contribution in [0.15, 0.2) is 0 Å². The molecule has 1 unspecified atom stereocenters. The van der Waals surface area contributed by atoms with Gasteiger partial charge in [0.2, 0.25) is 0 Å². The van der Waals surface area contributed by atoms with Crippen molar-refractivity contribution in [3.8, 4) is 0 Å². The molecule has 76 valence electrons. The van der Waals surface area contributed by atoms with Gasteiger partial charge in [-0.2, -0.15) is 0 Å². The first-order chi connectivity index (χ1) is 5.78. The predicted molar refractivity (Wildman–Crippen MR) is 36.6 cm³/mol. The minimum absolute atomic E-state index is 0.00421. The lowest BCUT2D eigenvalue weighted by Crippen LogP contribution is -2.29. The molecule has 0 saturated heterocycles. The molecule has 0 aliphatic carbocycles. The van der Waals surface area contributed by atoms with Gasteiger partial charge in [-0.3, -0.25) is 9.59 Å². The summed E-state index contributed by atoms with van der Waals surface area (Å²) in [6.45, 7) is 2.48. The van der Waals surface area contributed by atoms with E-state index in [1.165, 1.54) is 6.92 Å². The Kier molecular flexibility index (Phi) is 3.90. The number of rotatable bonds is 3. The summed E-state index contributed by atoms with van der Waals surface area (Å²) in [5, 5.41) is 0. The van der Waals surface area contributed by atoms with Crippen LogP contribution in [0, 0.1) is 5.92 Å². The molecule has 0 aromatic carbocycles. The highest BCUT2D eigenvalue weighted by molar-refractivity contribution is 5.97. The Labute approximate surface area is 72.9 Å². The number of alkyl halides is 3. The van der Waals surface area contributed by atoms with Crippen molar-refractivity contribution in [1.82, 2.24) is 0 Å². The van der Waals surface area contributed by atoms with Gasteiger partial charge in [0, 0.05) is 0 Å². The molecule has 0 aliphatic heterocycles. The Hall–Kier alpha value is -1.07. The molecule has 13 heavy (non-hydrogen) atoms. The van der Waals surface area contributed by atoms with Crippen LogP contribution in [-0.4, -0.2) is 18.1 Å². The van der Waals surface area contributed by atoms with E-state index in [9.17, 15) is 22.8 Å². The van der Waals surface area contributed by atoms with Crippen molar-refractivity contribution in [2.45, 2.75) is 26.6 Å². The van der Waals surface area contributed by atoms with Crippen molar-refractivity contribution < 1.29 is 27.5 Å². The van der Waals surface area contributed by atoms with Gasteiger partial charge in [-0.05, 0) is 13.3 Å². The number of carbonyl (C=O) groups excluding carboxylic acids is 2. The Balaban J connectivity index is 4.32. The zero-order valence-electron chi connectivity index (χ0n) is 7.14. The summed E-state index contributed by atoms with van der Waals surface area (Å²) in [5.41, 5.74) is 0. The Morgan fingerprint density at radius 2 is 1.85 bits per heavy atom. The maximum atomic E-state index is 11.5. The van der Waals surface area contributed by atoms with Crippen LogP contribution in [0.1, 0.15) is 20.3 Å². The van der Waals surface area contributed by atoms with Crippen LogP contribution in [0.5, 0.6) is 0 Å². The molecule has 0 rings (SSSR count). The number of hydrogen-bond acceptors (Lipinski definition) is 3. The summed E-state index contributed by atoms with van der Waals surface area (Å²) >= 11 is 0. The van der Waals surface area contributed by atoms with Gasteiger partial charge < -0.3 is 4.74 Å². The van der Waals surface area contributed by atoms with Crippen LogP contribution in [0.2, 0.25) is 0 Å². The lowest BCUT2D eigenvalue weighted by molar-refractivity contribution is -0.307. The fraction of sp³-hybridized carbons (Fsp3) is 0.714. The number of esters is 1. The summed E-state index contributed by atoms with van der Waals surface area (Å²) in [5.74, 6) is -3.49. The largest absolute Gasteiger partial charge is 0.575 e. The average Bonchev–Trinajstić information content (AvgIpc) is 1.82. The first kappa shape index (κ1) is 11.9. The zero-order valence-corrected chi connectivity index (χ0v) is 7.14. The van der Waals surface area contributed by atoms with E-state index in [2.05, 4.69) is 4.74 Å². The quantitative estimate of drug-likeness (QED) is 0.511. The smallest absolute Gasteiger partial charge is 0.372 e. The minimum Gasteiger partial charge on any atom is -0.372 e. The van der Waals surface area contributed by atoms with Gasteiger partial charge in [0.1, 0.15) is 11.7 Å². The van der Waals surface area contributed by atoms with Gasteiger partial charge >= 0.3 is 12.3 Å². The Bertz CT molecular complexity index is 210. The van der Waals surface area contributed by atoms with E-state index in [0.717, 1.165) is 6.92 Å². The molecule has 0 aliphatic rings. The van der Waals surface area contributed by atoms with E-state index >= 15 is 0 Å². The number of carbonyl (C=O) groups is 2. The lowest BCUT2D eigenvalue weighted by Gasteiger charge is -2.12. The molecule has 0 aromatic heterocycles. The number of ketones is 1. The van der Waals surface area contributed by atoms with Crippen LogP contribution in [0.4, 0.5) is 13.2 Å². The molecular weight excluding hydrogens is 189 g/mol. The summed E-state index contributed by atoms with van der Waals surface area (Å²) in [6.07, 6.45) is -5.01. The van der Waals surface area contributed by atoms with Crippen LogP contribution < -0.4 is 0 Å². The monoisotopic (exact) mass is 198 g/mol. The zero-order chi connectivity index (χ0) is 10.6. The third-order valence-electron chi connectivity index (χ3n) is 1.40. The maximum absolute atomic E-state index is 11.5. The second-order valence-electron chi connectivity index (χ2n) is 2.44. The summed E-state index contributed by atoms with van der Waals surface area (Å²) < 4.78 is 37.6. The summed E-state index contributed by atoms with van der Waals surface area (Å²) in [4.78, 5) is 21.3. The van der Waals surface area contributed by atoms with Gasteiger partial charge in [0.25, 0.3) is 0 Å². The molecule has 0 radical (unpaired) electrons.